The number of benzene rings is 1. The maximum Gasteiger partial charge on any atom is 0.335 e. The summed E-state index contributed by atoms with van der Waals surface area (Å²) < 4.78 is 0. The first-order chi connectivity index (χ1) is 11.5. The Hall–Kier alpha value is -3.68. The van der Waals surface area contributed by atoms with Crippen LogP contribution in [0.15, 0.2) is 49.1 Å². The summed E-state index contributed by atoms with van der Waals surface area (Å²) in [5, 5.41) is 33.5. The maximum atomic E-state index is 10.6. The molecule has 0 saturated carbocycles. The van der Waals surface area contributed by atoms with Gasteiger partial charge in [-0.1, -0.05) is 37.4 Å². The molecule has 0 spiro atoms. The Labute approximate surface area is 142 Å². The lowest BCUT2D eigenvalue weighted by Crippen LogP contribution is -2.00. The van der Waals surface area contributed by atoms with Crippen molar-refractivity contribution in [2.75, 3.05) is 0 Å². The molecule has 0 saturated heterocycles. The molecule has 8 nitrogen and oxygen atoms in total. The van der Waals surface area contributed by atoms with Gasteiger partial charge in [0.15, 0.2) is 0 Å². The number of aliphatic carboxylic acids is 4. The second-order valence-electron chi connectivity index (χ2n) is 4.62. The van der Waals surface area contributed by atoms with Crippen molar-refractivity contribution in [2.24, 2.45) is 0 Å². The molecule has 0 heterocycles. The summed E-state index contributed by atoms with van der Waals surface area (Å²) in [6.07, 6.45) is 0.641. The van der Waals surface area contributed by atoms with Crippen molar-refractivity contribution < 1.29 is 39.6 Å². The van der Waals surface area contributed by atoms with Crippen LogP contribution in [0.4, 0.5) is 0 Å². The molecule has 1 aromatic carbocycles. The summed E-state index contributed by atoms with van der Waals surface area (Å²) in [5.74, 6) is -4.66. The highest BCUT2D eigenvalue weighted by Crippen LogP contribution is 2.17. The second-order valence-corrected chi connectivity index (χ2v) is 4.62. The van der Waals surface area contributed by atoms with Gasteiger partial charge < -0.3 is 20.4 Å². The van der Waals surface area contributed by atoms with E-state index < -0.39 is 23.9 Å². The number of carbonyl (C=O) groups is 4. The minimum atomic E-state index is -1.24. The number of carboxylic acid groups (broad SMARTS) is 4. The summed E-state index contributed by atoms with van der Waals surface area (Å²) in [6.45, 7) is 8.01. The number of rotatable bonds is 6. The van der Waals surface area contributed by atoms with E-state index in [0.717, 1.165) is 0 Å². The van der Waals surface area contributed by atoms with Gasteiger partial charge in [-0.2, -0.15) is 0 Å². The minimum absolute atomic E-state index is 0.0347. The van der Waals surface area contributed by atoms with Crippen LogP contribution in [0.1, 0.15) is 18.1 Å². The van der Waals surface area contributed by atoms with Crippen molar-refractivity contribution >= 4 is 35.0 Å². The summed E-state index contributed by atoms with van der Waals surface area (Å²) in [5.41, 5.74) is 0.631. The lowest BCUT2D eigenvalue weighted by atomic mass is 10.0. The summed E-state index contributed by atoms with van der Waals surface area (Å²) in [7, 11) is 0. The van der Waals surface area contributed by atoms with Gasteiger partial charge in [0.1, 0.15) is 0 Å². The monoisotopic (exact) mass is 348 g/mol. The molecule has 8 heteroatoms. The summed E-state index contributed by atoms with van der Waals surface area (Å²) >= 11 is 0. The molecule has 0 unspecified atom stereocenters. The van der Waals surface area contributed by atoms with Gasteiger partial charge in [-0.3, -0.25) is 0 Å². The molecule has 0 atom stereocenters. The Morgan fingerprint density at radius 3 is 1.24 bits per heavy atom. The smallest absolute Gasteiger partial charge is 0.335 e. The topological polar surface area (TPSA) is 149 Å². The number of hydrogen-bond acceptors (Lipinski definition) is 4. The van der Waals surface area contributed by atoms with Gasteiger partial charge in [0, 0.05) is 11.6 Å². The predicted octanol–water partition coefficient (Wildman–Crippen LogP) is 1.98. The Morgan fingerprint density at radius 2 is 1.08 bits per heavy atom. The van der Waals surface area contributed by atoms with Crippen LogP contribution in [0, 0.1) is 0 Å². The van der Waals surface area contributed by atoms with Crippen molar-refractivity contribution in [2.45, 2.75) is 6.92 Å². The second kappa shape index (κ2) is 9.46. The molecule has 1 aromatic rings. The predicted molar refractivity (Wildman–Crippen MR) is 88.8 cm³/mol. The van der Waals surface area contributed by atoms with Crippen LogP contribution < -0.4 is 0 Å². The van der Waals surface area contributed by atoms with Gasteiger partial charge in [0.25, 0.3) is 0 Å². The van der Waals surface area contributed by atoms with Gasteiger partial charge in [0.05, 0.1) is 11.1 Å². The van der Waals surface area contributed by atoms with Crippen LogP contribution in [0.2, 0.25) is 0 Å². The zero-order valence-corrected chi connectivity index (χ0v) is 13.2. The number of hydrogen-bond donors (Lipinski definition) is 4. The average Bonchev–Trinajstić information content (AvgIpc) is 2.53. The molecule has 1 rings (SSSR count). The molecule has 0 radical (unpaired) electrons. The lowest BCUT2D eigenvalue weighted by molar-refractivity contribution is -0.135. The van der Waals surface area contributed by atoms with E-state index in [1.807, 2.05) is 0 Å². The maximum absolute atomic E-state index is 10.6. The Balaban J connectivity index is 0.000000547. The molecule has 0 fully saturated rings. The molecular formula is C17H16O8. The third-order valence-electron chi connectivity index (χ3n) is 2.78. The van der Waals surface area contributed by atoms with Crippen LogP contribution >= 0.6 is 0 Å². The van der Waals surface area contributed by atoms with E-state index in [4.69, 9.17) is 20.4 Å². The van der Waals surface area contributed by atoms with E-state index in [2.05, 4.69) is 13.2 Å². The largest absolute Gasteiger partial charge is 0.478 e. The molecule has 4 N–H and O–H groups in total. The minimum Gasteiger partial charge on any atom is -0.478 e. The third kappa shape index (κ3) is 7.42. The van der Waals surface area contributed by atoms with Crippen LogP contribution in [0.25, 0.3) is 11.1 Å². The van der Waals surface area contributed by atoms with Crippen molar-refractivity contribution in [3.05, 3.63) is 60.2 Å². The van der Waals surface area contributed by atoms with E-state index in [-0.39, 0.29) is 16.7 Å². The van der Waals surface area contributed by atoms with Crippen LogP contribution in [0.5, 0.6) is 0 Å². The fourth-order valence-electron chi connectivity index (χ4n) is 1.37. The summed E-state index contributed by atoms with van der Waals surface area (Å²) in [6, 6.07) is 6.00. The van der Waals surface area contributed by atoms with Crippen LogP contribution in [-0.4, -0.2) is 44.3 Å². The van der Waals surface area contributed by atoms with Crippen LogP contribution in [0.3, 0.4) is 0 Å². The van der Waals surface area contributed by atoms with E-state index in [0.29, 0.717) is 17.2 Å². The molecule has 0 amide bonds. The Bertz CT molecular complexity index is 708. The SMILES string of the molecule is C/C(=C/C(=O)O)C(=O)O.C=C(C(=O)O)c1ccc(C(=C)C(=O)O)cc1. The molecule has 0 aliphatic heterocycles. The molecule has 25 heavy (non-hydrogen) atoms. The highest BCUT2D eigenvalue weighted by molar-refractivity contribution is 6.16. The molecule has 0 bridgehead atoms. The quantitative estimate of drug-likeness (QED) is 0.570. The molecular weight excluding hydrogens is 332 g/mol. The highest BCUT2D eigenvalue weighted by Gasteiger charge is 2.10. The molecule has 0 aliphatic rings. The van der Waals surface area contributed by atoms with Crippen molar-refractivity contribution in [1.82, 2.24) is 0 Å². The normalized spacial score (nSPS) is 10.0. The summed E-state index contributed by atoms with van der Waals surface area (Å²) in [4.78, 5) is 40.9. The van der Waals surface area contributed by atoms with Gasteiger partial charge in [0.2, 0.25) is 0 Å². The molecule has 0 aliphatic carbocycles. The average molecular weight is 348 g/mol. The third-order valence-corrected chi connectivity index (χ3v) is 2.78. The zero-order chi connectivity index (χ0) is 19.7. The van der Waals surface area contributed by atoms with Gasteiger partial charge in [-0.25, -0.2) is 19.2 Å². The fourth-order valence-corrected chi connectivity index (χ4v) is 1.37. The number of carboxylic acids is 4. The van der Waals surface area contributed by atoms with E-state index in [9.17, 15) is 19.2 Å². The lowest BCUT2D eigenvalue weighted by Gasteiger charge is -2.03. The van der Waals surface area contributed by atoms with E-state index in [1.165, 1.54) is 31.2 Å². The highest BCUT2D eigenvalue weighted by atomic mass is 16.4. The Morgan fingerprint density at radius 1 is 0.760 bits per heavy atom. The first kappa shape index (κ1) is 21.3. The van der Waals surface area contributed by atoms with Crippen molar-refractivity contribution in [1.29, 1.82) is 0 Å². The van der Waals surface area contributed by atoms with Crippen molar-refractivity contribution in [3.63, 3.8) is 0 Å². The first-order valence-corrected chi connectivity index (χ1v) is 6.57. The van der Waals surface area contributed by atoms with Gasteiger partial charge >= 0.3 is 23.9 Å². The fraction of sp³-hybridized carbons (Fsp3) is 0.0588. The van der Waals surface area contributed by atoms with Crippen LogP contribution in [-0.2, 0) is 19.2 Å². The standard InChI is InChI=1S/C12H10O4.C5H6O4/c1-7(11(13)14)9-3-5-10(6-4-9)8(2)12(15)16;1-3(5(8)9)2-4(6)7/h3-6H,1-2H2,(H,13,14)(H,15,16);2H,1H3,(H,6,7)(H,8,9)/b;3-2-. The Kier molecular flexibility index (Phi) is 8.06. The van der Waals surface area contributed by atoms with E-state index >= 15 is 0 Å². The zero-order valence-electron chi connectivity index (χ0n) is 13.2. The van der Waals surface area contributed by atoms with Gasteiger partial charge in [-0.15, -0.1) is 0 Å². The molecule has 132 valence electrons. The van der Waals surface area contributed by atoms with E-state index in [1.54, 1.807) is 0 Å². The van der Waals surface area contributed by atoms with Gasteiger partial charge in [-0.05, 0) is 18.1 Å². The molecule has 0 aromatic heterocycles. The first-order valence-electron chi connectivity index (χ1n) is 6.57. The van der Waals surface area contributed by atoms with Crippen molar-refractivity contribution in [3.8, 4) is 0 Å².